The molecule has 94 valence electrons. The van der Waals surface area contributed by atoms with Gasteiger partial charge < -0.3 is 4.90 Å². The molecule has 0 aromatic heterocycles. The Kier molecular flexibility index (Phi) is 3.28. The van der Waals surface area contributed by atoms with Gasteiger partial charge in [0.25, 0.3) is 0 Å². The normalized spacial score (nSPS) is 22.4. The van der Waals surface area contributed by atoms with Crippen LogP contribution in [0.4, 0.5) is 0 Å². The summed E-state index contributed by atoms with van der Waals surface area (Å²) < 4.78 is 0. The summed E-state index contributed by atoms with van der Waals surface area (Å²) in [5, 5.41) is 6.78. The molecule has 16 heavy (non-hydrogen) atoms. The second kappa shape index (κ2) is 3.94. The van der Waals surface area contributed by atoms with Gasteiger partial charge in [0.2, 0.25) is 0 Å². The molecule has 0 fully saturated rings. The summed E-state index contributed by atoms with van der Waals surface area (Å²) in [4.78, 5) is 2.37. The highest BCUT2D eigenvalue weighted by molar-refractivity contribution is 5.58. The van der Waals surface area contributed by atoms with E-state index in [1.54, 1.807) is 0 Å². The molecule has 1 aliphatic rings. The third-order valence-corrected chi connectivity index (χ3v) is 2.90. The SMILES string of the molecule is CC(C)N1N=CN(C(C)(C)C)C1C(C)(C)C. The van der Waals surface area contributed by atoms with Crippen LogP contribution in [-0.2, 0) is 0 Å². The molecule has 0 saturated carbocycles. The molecule has 1 heterocycles. The molecule has 0 aromatic rings. The van der Waals surface area contributed by atoms with Crippen LogP contribution in [0, 0.1) is 5.41 Å². The van der Waals surface area contributed by atoms with Crippen LogP contribution in [0.5, 0.6) is 0 Å². The van der Waals surface area contributed by atoms with Gasteiger partial charge in [-0.15, -0.1) is 0 Å². The van der Waals surface area contributed by atoms with Crippen molar-refractivity contribution in [3.05, 3.63) is 0 Å². The Bertz CT molecular complexity index is 268. The average Bonchev–Trinajstić information content (AvgIpc) is 2.43. The van der Waals surface area contributed by atoms with E-state index in [1.165, 1.54) is 0 Å². The summed E-state index contributed by atoms with van der Waals surface area (Å²) in [6, 6.07) is 0.438. The maximum absolute atomic E-state index is 4.57. The first-order valence-corrected chi connectivity index (χ1v) is 6.16. The topological polar surface area (TPSA) is 18.8 Å². The molecule has 0 aliphatic carbocycles. The van der Waals surface area contributed by atoms with Crippen LogP contribution in [0.15, 0.2) is 5.10 Å². The number of hydrogen-bond acceptors (Lipinski definition) is 3. The minimum absolute atomic E-state index is 0.116. The molecule has 1 aliphatic heterocycles. The molecule has 0 N–H and O–H groups in total. The average molecular weight is 225 g/mol. The minimum Gasteiger partial charge on any atom is -0.334 e. The lowest BCUT2D eigenvalue weighted by atomic mass is 9.88. The maximum Gasteiger partial charge on any atom is 0.124 e. The van der Waals surface area contributed by atoms with E-state index in [1.807, 2.05) is 6.34 Å². The zero-order chi connectivity index (χ0) is 12.7. The van der Waals surface area contributed by atoms with Gasteiger partial charge in [0.15, 0.2) is 0 Å². The van der Waals surface area contributed by atoms with Crippen LogP contribution in [0.3, 0.4) is 0 Å². The van der Waals surface area contributed by atoms with Crippen molar-refractivity contribution in [2.75, 3.05) is 0 Å². The lowest BCUT2D eigenvalue weighted by molar-refractivity contribution is -0.0170. The van der Waals surface area contributed by atoms with Crippen LogP contribution in [0.25, 0.3) is 0 Å². The largest absolute Gasteiger partial charge is 0.334 e. The zero-order valence-corrected chi connectivity index (χ0v) is 12.1. The molecule has 1 atom stereocenters. The van der Waals surface area contributed by atoms with Gasteiger partial charge in [0.1, 0.15) is 12.5 Å². The second-order valence-corrected chi connectivity index (χ2v) is 7.02. The van der Waals surface area contributed by atoms with E-state index < -0.39 is 0 Å². The smallest absolute Gasteiger partial charge is 0.124 e. The molecular formula is C13H27N3. The summed E-state index contributed by atoms with van der Waals surface area (Å²) in [6.07, 6.45) is 2.34. The molecule has 0 bridgehead atoms. The maximum atomic E-state index is 4.57. The first-order valence-electron chi connectivity index (χ1n) is 6.16. The summed E-state index contributed by atoms with van der Waals surface area (Å²) in [6.45, 7) is 17.9. The monoisotopic (exact) mass is 225 g/mol. The molecule has 0 radical (unpaired) electrons. The van der Waals surface area contributed by atoms with Crippen molar-refractivity contribution in [2.24, 2.45) is 10.5 Å². The van der Waals surface area contributed by atoms with Gasteiger partial charge in [-0.3, -0.25) is 5.01 Å². The van der Waals surface area contributed by atoms with Crippen molar-refractivity contribution >= 4 is 6.34 Å². The van der Waals surface area contributed by atoms with E-state index in [4.69, 9.17) is 0 Å². The van der Waals surface area contributed by atoms with Crippen molar-refractivity contribution in [2.45, 2.75) is 73.1 Å². The molecular weight excluding hydrogens is 198 g/mol. The van der Waals surface area contributed by atoms with E-state index >= 15 is 0 Å². The van der Waals surface area contributed by atoms with Crippen LogP contribution >= 0.6 is 0 Å². The van der Waals surface area contributed by atoms with Crippen LogP contribution in [-0.4, -0.2) is 34.0 Å². The summed E-state index contributed by atoms with van der Waals surface area (Å²) in [7, 11) is 0. The van der Waals surface area contributed by atoms with E-state index in [9.17, 15) is 0 Å². The quantitative estimate of drug-likeness (QED) is 0.683. The van der Waals surface area contributed by atoms with Gasteiger partial charge in [-0.05, 0) is 34.6 Å². The summed E-state index contributed by atoms with van der Waals surface area (Å²) >= 11 is 0. The Morgan fingerprint density at radius 1 is 1.06 bits per heavy atom. The summed E-state index contributed by atoms with van der Waals surface area (Å²) in [5.41, 5.74) is 0.305. The van der Waals surface area contributed by atoms with Gasteiger partial charge in [-0.1, -0.05) is 20.8 Å². The fraction of sp³-hybridized carbons (Fsp3) is 0.923. The standard InChI is InChI=1S/C13H27N3/c1-10(2)16-11(12(3,4)5)15(9-14-16)13(6,7)8/h9-11H,1-8H3. The van der Waals surface area contributed by atoms with Gasteiger partial charge >= 0.3 is 0 Å². The first-order chi connectivity index (χ1) is 7.05. The predicted molar refractivity (Wildman–Crippen MR) is 70.3 cm³/mol. The van der Waals surface area contributed by atoms with Crippen molar-refractivity contribution in [1.29, 1.82) is 0 Å². The molecule has 1 rings (SSSR count). The van der Waals surface area contributed by atoms with E-state index in [2.05, 4.69) is 70.4 Å². The minimum atomic E-state index is 0.116. The Hall–Kier alpha value is -0.730. The Labute approximate surface area is 100 Å². The highest BCUT2D eigenvalue weighted by Gasteiger charge is 2.42. The molecule has 1 unspecified atom stereocenters. The zero-order valence-electron chi connectivity index (χ0n) is 12.1. The van der Waals surface area contributed by atoms with E-state index in [-0.39, 0.29) is 11.0 Å². The van der Waals surface area contributed by atoms with Crippen molar-refractivity contribution in [3.63, 3.8) is 0 Å². The third-order valence-electron chi connectivity index (χ3n) is 2.90. The highest BCUT2D eigenvalue weighted by Crippen LogP contribution is 2.35. The highest BCUT2D eigenvalue weighted by atomic mass is 15.6. The fourth-order valence-corrected chi connectivity index (χ4v) is 2.14. The van der Waals surface area contributed by atoms with Crippen molar-refractivity contribution in [1.82, 2.24) is 9.91 Å². The van der Waals surface area contributed by atoms with E-state index in [0.717, 1.165) is 0 Å². The molecule has 0 saturated heterocycles. The molecule has 0 amide bonds. The Morgan fingerprint density at radius 2 is 1.56 bits per heavy atom. The number of hydrazone groups is 1. The number of hydrogen-bond donors (Lipinski definition) is 0. The van der Waals surface area contributed by atoms with Gasteiger partial charge in [-0.25, -0.2) is 0 Å². The lowest BCUT2D eigenvalue weighted by Gasteiger charge is -2.46. The molecule has 3 heteroatoms. The Morgan fingerprint density at radius 3 is 1.88 bits per heavy atom. The van der Waals surface area contributed by atoms with Crippen LogP contribution < -0.4 is 0 Å². The lowest BCUT2D eigenvalue weighted by Crippen LogP contribution is -2.56. The van der Waals surface area contributed by atoms with Gasteiger partial charge in [0, 0.05) is 17.0 Å². The predicted octanol–water partition coefficient (Wildman–Crippen LogP) is 3.13. The molecule has 3 nitrogen and oxygen atoms in total. The first kappa shape index (κ1) is 13.3. The van der Waals surface area contributed by atoms with Crippen molar-refractivity contribution < 1.29 is 0 Å². The molecule has 0 aromatic carbocycles. The van der Waals surface area contributed by atoms with Gasteiger partial charge in [0.05, 0.1) is 0 Å². The van der Waals surface area contributed by atoms with Gasteiger partial charge in [-0.2, -0.15) is 5.10 Å². The van der Waals surface area contributed by atoms with Crippen molar-refractivity contribution in [3.8, 4) is 0 Å². The van der Waals surface area contributed by atoms with E-state index in [0.29, 0.717) is 12.2 Å². The fourth-order valence-electron chi connectivity index (χ4n) is 2.14. The third kappa shape index (κ3) is 2.50. The Balaban J connectivity index is 3.03. The molecule has 0 spiro atoms. The van der Waals surface area contributed by atoms with Crippen LogP contribution in [0.1, 0.15) is 55.4 Å². The number of rotatable bonds is 1. The summed E-state index contributed by atoms with van der Waals surface area (Å²) in [5.74, 6) is 0. The number of nitrogens with zero attached hydrogens (tertiary/aromatic N) is 3. The van der Waals surface area contributed by atoms with Crippen LogP contribution in [0.2, 0.25) is 0 Å². The second-order valence-electron chi connectivity index (χ2n) is 7.02.